The van der Waals surface area contributed by atoms with Crippen LogP contribution < -0.4 is 0 Å². The number of fused-ring (bicyclic) bond motifs is 1. The molecule has 0 amide bonds. The molecule has 2 fully saturated rings. The minimum absolute atomic E-state index is 0.455. The number of benzene rings is 1. The van der Waals surface area contributed by atoms with Crippen molar-refractivity contribution < 1.29 is 5.11 Å². The van der Waals surface area contributed by atoms with E-state index >= 15 is 0 Å². The highest BCUT2D eigenvalue weighted by Gasteiger charge is 2.65. The number of aliphatic hydroxyl groups is 1. The Balaban J connectivity index is 2.01. The van der Waals surface area contributed by atoms with Crippen molar-refractivity contribution in [1.82, 2.24) is 0 Å². The first-order chi connectivity index (χ1) is 7.64. The van der Waals surface area contributed by atoms with Gasteiger partial charge in [0.15, 0.2) is 0 Å². The van der Waals surface area contributed by atoms with E-state index in [-0.39, 0.29) is 0 Å². The quantitative estimate of drug-likeness (QED) is 0.827. The Morgan fingerprint density at radius 2 is 1.88 bits per heavy atom. The molecule has 0 saturated heterocycles. The third kappa shape index (κ3) is 1.47. The Hall–Kier alpha value is -0.0500. The monoisotopic (exact) mass is 300 g/mol. The molecule has 2 atom stereocenters. The fraction of sp³-hybridized carbons (Fsp3) is 0.538. The minimum Gasteiger partial charge on any atom is -0.385 e. The molecule has 1 N–H and O–H groups in total. The Labute approximate surface area is 109 Å². The van der Waals surface area contributed by atoms with E-state index in [0.29, 0.717) is 16.9 Å². The maximum atomic E-state index is 10.8. The van der Waals surface area contributed by atoms with Gasteiger partial charge in [-0.25, -0.2) is 0 Å². The van der Waals surface area contributed by atoms with Gasteiger partial charge in [-0.2, -0.15) is 0 Å². The fourth-order valence-electron chi connectivity index (χ4n) is 3.30. The van der Waals surface area contributed by atoms with Gasteiger partial charge in [-0.3, -0.25) is 0 Å². The van der Waals surface area contributed by atoms with Crippen molar-refractivity contribution in [3.8, 4) is 0 Å². The molecule has 2 aliphatic rings. The maximum Gasteiger partial charge on any atom is 0.0971 e. The molecule has 2 saturated carbocycles. The smallest absolute Gasteiger partial charge is 0.0971 e. The lowest BCUT2D eigenvalue weighted by molar-refractivity contribution is 0.117. The summed E-state index contributed by atoms with van der Waals surface area (Å²) in [5.74, 6) is 0.909. The summed E-state index contributed by atoms with van der Waals surface area (Å²) in [5, 5.41) is 11.5. The molecule has 2 unspecified atom stereocenters. The van der Waals surface area contributed by atoms with Gasteiger partial charge >= 0.3 is 0 Å². The van der Waals surface area contributed by atoms with Crippen molar-refractivity contribution in [1.29, 1.82) is 0 Å². The normalized spacial score (nSPS) is 36.9. The maximum absolute atomic E-state index is 10.8. The first-order valence-corrected chi connectivity index (χ1v) is 6.99. The third-order valence-corrected chi connectivity index (χ3v) is 5.07. The molecule has 0 radical (unpaired) electrons. The van der Waals surface area contributed by atoms with Crippen molar-refractivity contribution in [2.24, 2.45) is 11.8 Å². The van der Waals surface area contributed by atoms with Crippen LogP contribution in [-0.4, -0.2) is 5.11 Å². The van der Waals surface area contributed by atoms with Crippen LogP contribution in [-0.2, 0) is 5.60 Å². The average molecular weight is 302 g/mol. The predicted octanol–water partition coefficient (Wildman–Crippen LogP) is 4.11. The van der Waals surface area contributed by atoms with E-state index in [9.17, 15) is 5.11 Å². The molecule has 86 valence electrons. The second-order valence-electron chi connectivity index (χ2n) is 4.95. The minimum atomic E-state index is -0.611. The summed E-state index contributed by atoms with van der Waals surface area (Å²) in [6.45, 7) is 0. The lowest BCUT2D eigenvalue weighted by atomic mass is 10.0. The van der Waals surface area contributed by atoms with Gasteiger partial charge in [-0.1, -0.05) is 40.4 Å². The van der Waals surface area contributed by atoms with Crippen LogP contribution in [0, 0.1) is 11.8 Å². The van der Waals surface area contributed by atoms with Crippen LogP contribution >= 0.6 is 27.5 Å². The van der Waals surface area contributed by atoms with Crippen molar-refractivity contribution in [3.05, 3.63) is 33.3 Å². The van der Waals surface area contributed by atoms with E-state index in [4.69, 9.17) is 11.6 Å². The molecule has 0 aromatic heterocycles. The van der Waals surface area contributed by atoms with Crippen molar-refractivity contribution in [2.45, 2.75) is 31.3 Å². The summed E-state index contributed by atoms with van der Waals surface area (Å²) in [6.07, 6.45) is 4.81. The molecule has 3 rings (SSSR count). The Kier molecular flexibility index (Phi) is 2.58. The van der Waals surface area contributed by atoms with Gasteiger partial charge in [0, 0.05) is 9.50 Å². The summed E-state index contributed by atoms with van der Waals surface area (Å²) in [7, 11) is 0. The third-order valence-electron chi connectivity index (χ3n) is 4.15. The SMILES string of the molecule is OC1(c2cc(Cl)ccc2Br)C2CCCCC21. The lowest BCUT2D eigenvalue weighted by Gasteiger charge is -2.13. The highest BCUT2D eigenvalue weighted by molar-refractivity contribution is 9.10. The predicted molar refractivity (Wildman–Crippen MR) is 68.5 cm³/mol. The summed E-state index contributed by atoms with van der Waals surface area (Å²) in [5.41, 5.74) is 0.372. The summed E-state index contributed by atoms with van der Waals surface area (Å²) in [4.78, 5) is 0. The van der Waals surface area contributed by atoms with Gasteiger partial charge in [-0.05, 0) is 48.4 Å². The van der Waals surface area contributed by atoms with E-state index < -0.39 is 5.60 Å². The Bertz CT molecular complexity index is 420. The summed E-state index contributed by atoms with van der Waals surface area (Å²) in [6, 6.07) is 5.69. The van der Waals surface area contributed by atoms with Gasteiger partial charge in [0.1, 0.15) is 0 Å². The molecule has 3 heteroatoms. The Morgan fingerprint density at radius 3 is 2.50 bits per heavy atom. The van der Waals surface area contributed by atoms with Crippen LogP contribution in [0.25, 0.3) is 0 Å². The molecular formula is C13H14BrClO. The zero-order valence-corrected chi connectivity index (χ0v) is 11.3. The standard InChI is InChI=1S/C13H14BrClO/c14-12-6-5-8(15)7-11(12)13(16)9-3-1-2-4-10(9)13/h5-7,9-10,16H,1-4H2. The van der Waals surface area contributed by atoms with Gasteiger partial charge in [0.2, 0.25) is 0 Å². The van der Waals surface area contributed by atoms with E-state index in [1.165, 1.54) is 12.8 Å². The number of hydrogen-bond acceptors (Lipinski definition) is 1. The van der Waals surface area contributed by atoms with Crippen molar-refractivity contribution >= 4 is 27.5 Å². The second-order valence-corrected chi connectivity index (χ2v) is 6.24. The largest absolute Gasteiger partial charge is 0.385 e. The zero-order valence-electron chi connectivity index (χ0n) is 8.92. The van der Waals surface area contributed by atoms with Gasteiger partial charge in [0.25, 0.3) is 0 Å². The molecule has 16 heavy (non-hydrogen) atoms. The fourth-order valence-corrected chi connectivity index (χ4v) is 4.03. The molecule has 2 aliphatic carbocycles. The van der Waals surface area contributed by atoms with Crippen LogP contribution in [0.5, 0.6) is 0 Å². The average Bonchev–Trinajstić information content (AvgIpc) is 2.90. The number of halogens is 2. The summed E-state index contributed by atoms with van der Waals surface area (Å²) < 4.78 is 0.980. The topological polar surface area (TPSA) is 20.2 Å². The molecule has 1 aromatic rings. The first-order valence-electron chi connectivity index (χ1n) is 5.82. The highest BCUT2D eigenvalue weighted by atomic mass is 79.9. The first kappa shape index (κ1) is 11.1. The van der Waals surface area contributed by atoms with E-state index in [0.717, 1.165) is 22.9 Å². The molecule has 1 aromatic carbocycles. The molecule has 1 nitrogen and oxygen atoms in total. The number of hydrogen-bond donors (Lipinski definition) is 1. The van der Waals surface area contributed by atoms with E-state index in [1.54, 1.807) is 0 Å². The van der Waals surface area contributed by atoms with Crippen LogP contribution in [0.2, 0.25) is 5.02 Å². The zero-order chi connectivity index (χ0) is 11.3. The Morgan fingerprint density at radius 1 is 1.25 bits per heavy atom. The lowest BCUT2D eigenvalue weighted by Crippen LogP contribution is -2.11. The second kappa shape index (κ2) is 3.72. The van der Waals surface area contributed by atoms with Crippen molar-refractivity contribution in [2.75, 3.05) is 0 Å². The molecule has 0 spiro atoms. The summed E-state index contributed by atoms with van der Waals surface area (Å²) >= 11 is 9.54. The van der Waals surface area contributed by atoms with Crippen LogP contribution in [0.3, 0.4) is 0 Å². The van der Waals surface area contributed by atoms with Crippen LogP contribution in [0.1, 0.15) is 31.2 Å². The van der Waals surface area contributed by atoms with Gasteiger partial charge in [-0.15, -0.1) is 0 Å². The van der Waals surface area contributed by atoms with E-state index in [2.05, 4.69) is 15.9 Å². The highest BCUT2D eigenvalue weighted by Crippen LogP contribution is 2.65. The molecule has 0 aliphatic heterocycles. The number of rotatable bonds is 1. The van der Waals surface area contributed by atoms with Gasteiger partial charge < -0.3 is 5.11 Å². The molecule has 0 heterocycles. The van der Waals surface area contributed by atoms with Crippen LogP contribution in [0.15, 0.2) is 22.7 Å². The van der Waals surface area contributed by atoms with Gasteiger partial charge in [0.05, 0.1) is 5.60 Å². The molecular weight excluding hydrogens is 287 g/mol. The van der Waals surface area contributed by atoms with Crippen molar-refractivity contribution in [3.63, 3.8) is 0 Å². The molecule has 0 bridgehead atoms. The van der Waals surface area contributed by atoms with E-state index in [1.807, 2.05) is 18.2 Å². The van der Waals surface area contributed by atoms with Crippen LogP contribution in [0.4, 0.5) is 0 Å².